The van der Waals surface area contributed by atoms with Gasteiger partial charge in [-0.25, -0.2) is 4.72 Å². The van der Waals surface area contributed by atoms with E-state index in [1.54, 1.807) is 0 Å². The first-order valence-corrected chi connectivity index (χ1v) is 4.67. The number of hydrogen-bond donors (Lipinski definition) is 1. The first kappa shape index (κ1) is 14.7. The zero-order chi connectivity index (χ0) is 13.4. The van der Waals surface area contributed by atoms with Gasteiger partial charge in [0, 0.05) is 0 Å². The highest BCUT2D eigenvalue weighted by Crippen LogP contribution is 2.26. The van der Waals surface area contributed by atoms with Gasteiger partial charge in [-0.1, -0.05) is 6.58 Å². The van der Waals surface area contributed by atoms with Gasteiger partial charge >= 0.3 is 21.7 Å². The predicted octanol–water partition coefficient (Wildman–Crippen LogP) is 1.07. The SMILES string of the molecule is C=C(C(=O)NS(=O)(=O)C(F)(F)F)C(F)(F)F. The Hall–Kier alpha value is -1.26. The van der Waals surface area contributed by atoms with Crippen LogP contribution in [0.4, 0.5) is 26.3 Å². The molecule has 0 radical (unpaired) electrons. The third-order valence-electron chi connectivity index (χ3n) is 1.15. The van der Waals surface area contributed by atoms with Crippen molar-refractivity contribution in [3.63, 3.8) is 0 Å². The summed E-state index contributed by atoms with van der Waals surface area (Å²) in [6.07, 6.45) is -5.31. The molecule has 0 atom stereocenters. The minimum Gasteiger partial charge on any atom is -0.268 e. The number of nitrogens with one attached hydrogen (secondary N) is 1. The summed E-state index contributed by atoms with van der Waals surface area (Å²) < 4.78 is 90.8. The van der Waals surface area contributed by atoms with E-state index in [0.29, 0.717) is 0 Å². The molecule has 1 N–H and O–H groups in total. The third-order valence-corrected chi connectivity index (χ3v) is 2.21. The molecule has 0 aromatic rings. The minimum absolute atomic E-state index is 0.191. The van der Waals surface area contributed by atoms with Crippen LogP contribution in [0, 0.1) is 0 Å². The monoisotopic (exact) mass is 271 g/mol. The van der Waals surface area contributed by atoms with Crippen LogP contribution in [0.2, 0.25) is 0 Å². The molecule has 0 saturated heterocycles. The Bertz CT molecular complexity index is 405. The Balaban J connectivity index is 4.94. The fourth-order valence-corrected chi connectivity index (χ4v) is 0.853. The summed E-state index contributed by atoms with van der Waals surface area (Å²) in [6.45, 7) is 2.12. The van der Waals surface area contributed by atoms with Crippen LogP contribution in [0.25, 0.3) is 0 Å². The maximum Gasteiger partial charge on any atom is 0.516 e. The van der Waals surface area contributed by atoms with Crippen molar-refractivity contribution >= 4 is 15.9 Å². The number of sulfonamides is 1. The molecule has 0 aromatic heterocycles. The minimum atomic E-state index is -6.16. The molecule has 0 unspecified atom stereocenters. The highest BCUT2D eigenvalue weighted by molar-refractivity contribution is 7.90. The van der Waals surface area contributed by atoms with E-state index in [1.807, 2.05) is 0 Å². The van der Waals surface area contributed by atoms with Crippen molar-refractivity contribution in [2.75, 3.05) is 0 Å². The van der Waals surface area contributed by atoms with Crippen LogP contribution in [0.5, 0.6) is 0 Å². The number of alkyl halides is 6. The summed E-state index contributed by atoms with van der Waals surface area (Å²) in [6, 6.07) is 0. The smallest absolute Gasteiger partial charge is 0.268 e. The summed E-state index contributed by atoms with van der Waals surface area (Å²) >= 11 is 0. The molecule has 0 aliphatic rings. The Labute approximate surface area is 85.0 Å². The Morgan fingerprint density at radius 3 is 1.69 bits per heavy atom. The van der Waals surface area contributed by atoms with Crippen molar-refractivity contribution in [3.8, 4) is 0 Å². The molecule has 94 valence electrons. The molecule has 0 aliphatic heterocycles. The van der Waals surface area contributed by atoms with Crippen LogP contribution in [0.15, 0.2) is 12.2 Å². The van der Waals surface area contributed by atoms with Gasteiger partial charge in [0.05, 0.1) is 0 Å². The molecule has 0 bridgehead atoms. The van der Waals surface area contributed by atoms with Gasteiger partial charge in [0.1, 0.15) is 5.57 Å². The quantitative estimate of drug-likeness (QED) is 0.603. The standard InChI is InChI=1S/C5H3F6NO3S/c1-2(4(6,7)8)3(13)12-16(14,15)5(9,10)11/h1H2,(H,12,13). The van der Waals surface area contributed by atoms with E-state index in [4.69, 9.17) is 0 Å². The van der Waals surface area contributed by atoms with E-state index in [2.05, 4.69) is 6.58 Å². The van der Waals surface area contributed by atoms with E-state index in [-0.39, 0.29) is 4.72 Å². The second-order valence-electron chi connectivity index (χ2n) is 2.36. The first-order valence-electron chi connectivity index (χ1n) is 3.18. The average molecular weight is 271 g/mol. The Morgan fingerprint density at radius 1 is 1.06 bits per heavy atom. The molecule has 0 rings (SSSR count). The Morgan fingerprint density at radius 2 is 1.44 bits per heavy atom. The predicted molar refractivity (Wildman–Crippen MR) is 38.3 cm³/mol. The van der Waals surface area contributed by atoms with Crippen LogP contribution in [-0.2, 0) is 14.8 Å². The van der Waals surface area contributed by atoms with E-state index in [0.717, 1.165) is 0 Å². The van der Waals surface area contributed by atoms with Gasteiger partial charge < -0.3 is 0 Å². The van der Waals surface area contributed by atoms with Gasteiger partial charge in [0.25, 0.3) is 5.91 Å². The Kier molecular flexibility index (Phi) is 3.65. The lowest BCUT2D eigenvalue weighted by molar-refractivity contribution is -0.129. The summed E-state index contributed by atoms with van der Waals surface area (Å²) in [4.78, 5) is 10.4. The van der Waals surface area contributed by atoms with Gasteiger partial charge in [-0.05, 0) is 0 Å². The summed E-state index contributed by atoms with van der Waals surface area (Å²) in [5, 5.41) is 0. The molecule has 16 heavy (non-hydrogen) atoms. The fraction of sp³-hybridized carbons (Fsp3) is 0.400. The lowest BCUT2D eigenvalue weighted by atomic mass is 10.3. The highest BCUT2D eigenvalue weighted by atomic mass is 32.2. The second kappa shape index (κ2) is 3.96. The number of amides is 1. The molecule has 11 heteroatoms. The summed E-state index contributed by atoms with van der Waals surface area (Å²) in [7, 11) is -6.16. The molecule has 0 aromatic carbocycles. The van der Waals surface area contributed by atoms with Crippen molar-refractivity contribution < 1.29 is 39.6 Å². The zero-order valence-electron chi connectivity index (χ0n) is 7.11. The molecule has 1 amide bonds. The van der Waals surface area contributed by atoms with Gasteiger partial charge in [0.15, 0.2) is 0 Å². The largest absolute Gasteiger partial charge is 0.516 e. The van der Waals surface area contributed by atoms with Crippen molar-refractivity contribution in [1.29, 1.82) is 0 Å². The molecular formula is C5H3F6NO3S. The van der Waals surface area contributed by atoms with Crippen molar-refractivity contribution in [1.82, 2.24) is 4.72 Å². The highest BCUT2D eigenvalue weighted by Gasteiger charge is 2.49. The molecule has 0 saturated carbocycles. The molecule has 0 spiro atoms. The number of carbonyl (C=O) groups excluding carboxylic acids is 1. The van der Waals surface area contributed by atoms with Gasteiger partial charge in [0.2, 0.25) is 0 Å². The van der Waals surface area contributed by atoms with Crippen LogP contribution in [0.1, 0.15) is 0 Å². The molecule has 0 fully saturated rings. The number of rotatable bonds is 2. The van der Waals surface area contributed by atoms with Crippen molar-refractivity contribution in [2.24, 2.45) is 0 Å². The van der Waals surface area contributed by atoms with Crippen LogP contribution in [0.3, 0.4) is 0 Å². The average Bonchev–Trinajstić information content (AvgIpc) is 1.97. The van der Waals surface area contributed by atoms with Gasteiger partial charge in [-0.3, -0.25) is 4.79 Å². The summed E-state index contributed by atoms with van der Waals surface area (Å²) in [5.41, 5.74) is -8.13. The maximum atomic E-state index is 11.7. The van der Waals surface area contributed by atoms with E-state index in [9.17, 15) is 39.6 Å². The van der Waals surface area contributed by atoms with Crippen molar-refractivity contribution in [3.05, 3.63) is 12.2 Å². The molecule has 0 heterocycles. The molecule has 4 nitrogen and oxygen atoms in total. The second-order valence-corrected chi connectivity index (χ2v) is 4.03. The molecule has 0 aliphatic carbocycles. The van der Waals surface area contributed by atoms with Gasteiger partial charge in [-0.2, -0.15) is 34.8 Å². The lowest BCUT2D eigenvalue weighted by Crippen LogP contribution is -2.42. The number of halogens is 6. The van der Waals surface area contributed by atoms with Crippen molar-refractivity contribution in [2.45, 2.75) is 11.7 Å². The van der Waals surface area contributed by atoms with E-state index in [1.165, 1.54) is 0 Å². The zero-order valence-corrected chi connectivity index (χ0v) is 7.92. The normalized spacial score (nSPS) is 13.4. The number of hydrogen-bond acceptors (Lipinski definition) is 3. The third kappa shape index (κ3) is 3.40. The lowest BCUT2D eigenvalue weighted by Gasteiger charge is -2.12. The van der Waals surface area contributed by atoms with Crippen LogP contribution < -0.4 is 4.72 Å². The van der Waals surface area contributed by atoms with E-state index >= 15 is 0 Å². The van der Waals surface area contributed by atoms with Gasteiger partial charge in [-0.15, -0.1) is 0 Å². The fourth-order valence-electron chi connectivity index (χ4n) is 0.370. The number of carbonyl (C=O) groups is 1. The van der Waals surface area contributed by atoms with Crippen LogP contribution >= 0.6 is 0 Å². The summed E-state index contributed by atoms with van der Waals surface area (Å²) in [5.74, 6) is -2.48. The first-order chi connectivity index (χ1) is 6.79. The topological polar surface area (TPSA) is 63.2 Å². The molecular weight excluding hydrogens is 268 g/mol. The van der Waals surface area contributed by atoms with Crippen LogP contribution in [-0.4, -0.2) is 26.0 Å². The van der Waals surface area contributed by atoms with E-state index < -0.39 is 33.2 Å². The maximum absolute atomic E-state index is 11.7.